The van der Waals surface area contributed by atoms with Gasteiger partial charge in [-0.2, -0.15) is 11.3 Å². The van der Waals surface area contributed by atoms with Crippen LogP contribution in [0.5, 0.6) is 5.75 Å². The standard InChI is InChI=1S/C18H22N2O2S/c1-22-17-4-2-3-16(13-17)19-8-10-20(11-9-19)18(21)6-5-15-7-12-23-14-15/h2-4,7,12-14H,5-6,8-11H2,1H3. The van der Waals surface area contributed by atoms with Gasteiger partial charge in [-0.25, -0.2) is 0 Å². The second-order valence-electron chi connectivity index (χ2n) is 5.70. The largest absolute Gasteiger partial charge is 0.497 e. The summed E-state index contributed by atoms with van der Waals surface area (Å²) in [4.78, 5) is 16.6. The minimum absolute atomic E-state index is 0.265. The number of anilines is 1. The summed E-state index contributed by atoms with van der Waals surface area (Å²) < 4.78 is 5.28. The summed E-state index contributed by atoms with van der Waals surface area (Å²) in [6.45, 7) is 3.33. The van der Waals surface area contributed by atoms with Crippen molar-refractivity contribution in [3.8, 4) is 5.75 Å². The Bertz CT molecular complexity index is 634. The molecule has 2 heterocycles. The van der Waals surface area contributed by atoms with E-state index in [1.165, 1.54) is 5.56 Å². The van der Waals surface area contributed by atoms with Crippen LogP contribution in [0.25, 0.3) is 0 Å². The maximum Gasteiger partial charge on any atom is 0.223 e. The molecule has 0 aliphatic carbocycles. The van der Waals surface area contributed by atoms with Gasteiger partial charge in [-0.1, -0.05) is 6.07 Å². The Morgan fingerprint density at radius 1 is 1.22 bits per heavy atom. The normalized spacial score (nSPS) is 14.8. The highest BCUT2D eigenvalue weighted by atomic mass is 32.1. The fourth-order valence-electron chi connectivity index (χ4n) is 2.87. The molecule has 0 bridgehead atoms. The number of piperazine rings is 1. The molecule has 1 aromatic heterocycles. The monoisotopic (exact) mass is 330 g/mol. The van der Waals surface area contributed by atoms with E-state index < -0.39 is 0 Å². The van der Waals surface area contributed by atoms with Crippen LogP contribution in [-0.2, 0) is 11.2 Å². The van der Waals surface area contributed by atoms with E-state index in [-0.39, 0.29) is 5.91 Å². The molecule has 122 valence electrons. The Labute approximate surface area is 141 Å². The average Bonchev–Trinajstić information content (AvgIpc) is 3.13. The molecule has 1 aromatic carbocycles. The molecule has 1 aliphatic rings. The van der Waals surface area contributed by atoms with Crippen LogP contribution in [0.3, 0.4) is 0 Å². The number of carbonyl (C=O) groups excluding carboxylic acids is 1. The van der Waals surface area contributed by atoms with Crippen molar-refractivity contribution in [3.05, 3.63) is 46.7 Å². The maximum atomic E-state index is 12.3. The van der Waals surface area contributed by atoms with E-state index in [9.17, 15) is 4.79 Å². The van der Waals surface area contributed by atoms with Crippen molar-refractivity contribution in [2.45, 2.75) is 12.8 Å². The zero-order chi connectivity index (χ0) is 16.1. The molecule has 2 aromatic rings. The number of amides is 1. The number of nitrogens with zero attached hydrogens (tertiary/aromatic N) is 2. The summed E-state index contributed by atoms with van der Waals surface area (Å²) in [6, 6.07) is 10.2. The zero-order valence-electron chi connectivity index (χ0n) is 13.4. The number of hydrogen-bond acceptors (Lipinski definition) is 4. The molecule has 0 atom stereocenters. The highest BCUT2D eigenvalue weighted by molar-refractivity contribution is 7.07. The molecule has 0 radical (unpaired) electrons. The smallest absolute Gasteiger partial charge is 0.223 e. The third-order valence-electron chi connectivity index (χ3n) is 4.26. The van der Waals surface area contributed by atoms with Crippen molar-refractivity contribution >= 4 is 22.9 Å². The van der Waals surface area contributed by atoms with E-state index in [2.05, 4.69) is 27.8 Å². The molecule has 0 N–H and O–H groups in total. The first kappa shape index (κ1) is 15.9. The van der Waals surface area contributed by atoms with Gasteiger partial charge in [-0.15, -0.1) is 0 Å². The topological polar surface area (TPSA) is 32.8 Å². The second-order valence-corrected chi connectivity index (χ2v) is 6.48. The van der Waals surface area contributed by atoms with Crippen molar-refractivity contribution in [3.63, 3.8) is 0 Å². The maximum absolute atomic E-state index is 12.3. The molecule has 5 heteroatoms. The van der Waals surface area contributed by atoms with Crippen LogP contribution in [0.1, 0.15) is 12.0 Å². The number of benzene rings is 1. The lowest BCUT2D eigenvalue weighted by Crippen LogP contribution is -2.48. The summed E-state index contributed by atoms with van der Waals surface area (Å²) in [6.07, 6.45) is 1.45. The molecule has 1 fully saturated rings. The minimum atomic E-state index is 0.265. The summed E-state index contributed by atoms with van der Waals surface area (Å²) >= 11 is 1.69. The third kappa shape index (κ3) is 4.05. The molecule has 1 amide bonds. The summed E-state index contributed by atoms with van der Waals surface area (Å²) in [5.41, 5.74) is 2.42. The Kier molecular flexibility index (Phi) is 5.18. The van der Waals surface area contributed by atoms with Gasteiger partial charge in [0.05, 0.1) is 7.11 Å². The number of hydrogen-bond donors (Lipinski definition) is 0. The Balaban J connectivity index is 1.50. The second kappa shape index (κ2) is 7.51. The van der Waals surface area contributed by atoms with Gasteiger partial charge in [-0.05, 0) is 40.9 Å². The van der Waals surface area contributed by atoms with Gasteiger partial charge in [0.2, 0.25) is 5.91 Å². The van der Waals surface area contributed by atoms with Gasteiger partial charge in [0.15, 0.2) is 0 Å². The first-order valence-electron chi connectivity index (χ1n) is 7.94. The number of carbonyl (C=O) groups is 1. The van der Waals surface area contributed by atoms with Crippen LogP contribution in [0.15, 0.2) is 41.1 Å². The Morgan fingerprint density at radius 3 is 2.74 bits per heavy atom. The fourth-order valence-corrected chi connectivity index (χ4v) is 3.57. The zero-order valence-corrected chi connectivity index (χ0v) is 14.2. The van der Waals surface area contributed by atoms with E-state index in [1.54, 1.807) is 18.4 Å². The average molecular weight is 330 g/mol. The van der Waals surface area contributed by atoms with Gasteiger partial charge in [0.1, 0.15) is 5.75 Å². The van der Waals surface area contributed by atoms with E-state index in [1.807, 2.05) is 23.1 Å². The van der Waals surface area contributed by atoms with Crippen LogP contribution < -0.4 is 9.64 Å². The molecule has 0 saturated carbocycles. The third-order valence-corrected chi connectivity index (χ3v) is 4.99. The fraction of sp³-hybridized carbons (Fsp3) is 0.389. The Morgan fingerprint density at radius 2 is 2.04 bits per heavy atom. The number of thiophene rings is 1. The molecule has 1 saturated heterocycles. The predicted octanol–water partition coefficient (Wildman–Crippen LogP) is 3.04. The summed E-state index contributed by atoms with van der Waals surface area (Å²) in [5.74, 6) is 1.14. The molecular formula is C18H22N2O2S. The first-order chi connectivity index (χ1) is 11.3. The number of methoxy groups -OCH3 is 1. The molecule has 0 unspecified atom stereocenters. The predicted molar refractivity (Wildman–Crippen MR) is 94.4 cm³/mol. The van der Waals surface area contributed by atoms with Crippen molar-refractivity contribution < 1.29 is 9.53 Å². The van der Waals surface area contributed by atoms with Gasteiger partial charge >= 0.3 is 0 Å². The van der Waals surface area contributed by atoms with Crippen LogP contribution in [0.4, 0.5) is 5.69 Å². The van der Waals surface area contributed by atoms with Crippen molar-refractivity contribution in [2.75, 3.05) is 38.2 Å². The SMILES string of the molecule is COc1cccc(N2CCN(C(=O)CCc3ccsc3)CC2)c1. The lowest BCUT2D eigenvalue weighted by molar-refractivity contribution is -0.131. The van der Waals surface area contributed by atoms with Gasteiger partial charge in [0.25, 0.3) is 0 Å². The molecule has 23 heavy (non-hydrogen) atoms. The van der Waals surface area contributed by atoms with E-state index in [0.717, 1.165) is 44.0 Å². The minimum Gasteiger partial charge on any atom is -0.497 e. The van der Waals surface area contributed by atoms with Crippen LogP contribution in [0, 0.1) is 0 Å². The van der Waals surface area contributed by atoms with Crippen LogP contribution in [-0.4, -0.2) is 44.1 Å². The molecule has 3 rings (SSSR count). The first-order valence-corrected chi connectivity index (χ1v) is 8.88. The number of ether oxygens (including phenoxy) is 1. The molecule has 1 aliphatic heterocycles. The summed E-state index contributed by atoms with van der Waals surface area (Å²) in [7, 11) is 1.68. The van der Waals surface area contributed by atoms with Crippen molar-refractivity contribution in [1.29, 1.82) is 0 Å². The van der Waals surface area contributed by atoms with Crippen molar-refractivity contribution in [1.82, 2.24) is 4.90 Å². The molecule has 4 nitrogen and oxygen atoms in total. The highest BCUT2D eigenvalue weighted by Gasteiger charge is 2.21. The Hall–Kier alpha value is -2.01. The lowest BCUT2D eigenvalue weighted by Gasteiger charge is -2.36. The van der Waals surface area contributed by atoms with Gasteiger partial charge < -0.3 is 14.5 Å². The molecular weight excluding hydrogens is 308 g/mol. The summed E-state index contributed by atoms with van der Waals surface area (Å²) in [5, 5.41) is 4.18. The number of rotatable bonds is 5. The molecule has 0 spiro atoms. The van der Waals surface area contributed by atoms with Gasteiger partial charge in [0, 0.05) is 44.4 Å². The van der Waals surface area contributed by atoms with E-state index in [0.29, 0.717) is 6.42 Å². The van der Waals surface area contributed by atoms with Crippen LogP contribution in [0.2, 0.25) is 0 Å². The quantitative estimate of drug-likeness (QED) is 0.845. The lowest BCUT2D eigenvalue weighted by atomic mass is 10.1. The highest BCUT2D eigenvalue weighted by Crippen LogP contribution is 2.22. The van der Waals surface area contributed by atoms with E-state index in [4.69, 9.17) is 4.74 Å². The number of aryl methyl sites for hydroxylation is 1. The van der Waals surface area contributed by atoms with Gasteiger partial charge in [-0.3, -0.25) is 4.79 Å². The van der Waals surface area contributed by atoms with E-state index >= 15 is 0 Å². The van der Waals surface area contributed by atoms with Crippen molar-refractivity contribution in [2.24, 2.45) is 0 Å². The van der Waals surface area contributed by atoms with Crippen LogP contribution >= 0.6 is 11.3 Å².